The molecule has 9 heteroatoms. The zero-order chi connectivity index (χ0) is 21.7. The lowest BCUT2D eigenvalue weighted by molar-refractivity contribution is -0.131. The third kappa shape index (κ3) is 3.96. The number of carbonyl (C=O) groups is 2. The number of alkyl halides is 2. The predicted molar refractivity (Wildman–Crippen MR) is 106 cm³/mol. The summed E-state index contributed by atoms with van der Waals surface area (Å²) >= 11 is 0. The molecule has 1 aliphatic rings. The van der Waals surface area contributed by atoms with E-state index in [9.17, 15) is 18.4 Å². The van der Waals surface area contributed by atoms with E-state index in [0.717, 1.165) is 6.21 Å². The number of carbonyl (C=O) groups excluding carboxylic acids is 2. The van der Waals surface area contributed by atoms with Gasteiger partial charge in [-0.3, -0.25) is 4.79 Å². The van der Waals surface area contributed by atoms with Gasteiger partial charge in [-0.05, 0) is 31.0 Å². The Kier molecular flexibility index (Phi) is 6.29. The first-order valence-electron chi connectivity index (χ1n) is 9.39. The van der Waals surface area contributed by atoms with Crippen molar-refractivity contribution in [3.63, 3.8) is 0 Å². The second kappa shape index (κ2) is 8.89. The standard InChI is InChI=1S/C21H21F2N3O4/c1-3-21(15-10-6-5-7-11-15)18(27)26(20(28)25-21)24-13-14-9-8-12-16(29-4-2)17(14)30-19(22)23/h5-13,19H,3-4H2,1-2H3,(H,25,28)/b24-13-/t21-/m0/s1. The van der Waals surface area contributed by atoms with E-state index >= 15 is 0 Å². The summed E-state index contributed by atoms with van der Waals surface area (Å²) in [5.41, 5.74) is -0.482. The Hall–Kier alpha value is -3.49. The summed E-state index contributed by atoms with van der Waals surface area (Å²) in [6, 6.07) is 12.6. The molecule has 1 N–H and O–H groups in total. The average molecular weight is 417 g/mol. The highest BCUT2D eigenvalue weighted by Crippen LogP contribution is 2.34. The van der Waals surface area contributed by atoms with Crippen LogP contribution in [0, 0.1) is 0 Å². The van der Waals surface area contributed by atoms with Crippen molar-refractivity contribution >= 4 is 18.2 Å². The molecule has 0 spiro atoms. The number of imide groups is 1. The minimum absolute atomic E-state index is 0.103. The van der Waals surface area contributed by atoms with Crippen molar-refractivity contribution in [2.24, 2.45) is 5.10 Å². The Balaban J connectivity index is 1.94. The predicted octanol–water partition coefficient (Wildman–Crippen LogP) is 3.88. The van der Waals surface area contributed by atoms with Gasteiger partial charge in [-0.25, -0.2) is 4.79 Å². The van der Waals surface area contributed by atoms with E-state index in [2.05, 4.69) is 15.2 Å². The molecule has 7 nitrogen and oxygen atoms in total. The van der Waals surface area contributed by atoms with E-state index in [0.29, 0.717) is 17.0 Å². The second-order valence-electron chi connectivity index (χ2n) is 6.40. The highest BCUT2D eigenvalue weighted by atomic mass is 19.3. The Morgan fingerprint density at radius 2 is 1.87 bits per heavy atom. The number of nitrogens with zero attached hydrogens (tertiary/aromatic N) is 2. The maximum Gasteiger partial charge on any atom is 0.387 e. The maximum atomic E-state index is 13.1. The van der Waals surface area contributed by atoms with Crippen LogP contribution in [0.2, 0.25) is 0 Å². The first-order chi connectivity index (χ1) is 14.4. The Morgan fingerprint density at radius 3 is 2.50 bits per heavy atom. The van der Waals surface area contributed by atoms with Crippen LogP contribution >= 0.6 is 0 Å². The molecule has 1 heterocycles. The van der Waals surface area contributed by atoms with Gasteiger partial charge in [0.05, 0.1) is 12.8 Å². The first kappa shape index (κ1) is 21.2. The van der Waals surface area contributed by atoms with Gasteiger partial charge in [0.25, 0.3) is 5.91 Å². The molecule has 30 heavy (non-hydrogen) atoms. The number of benzene rings is 2. The van der Waals surface area contributed by atoms with Gasteiger partial charge < -0.3 is 14.8 Å². The molecule has 158 valence electrons. The fraction of sp³-hybridized carbons (Fsp3) is 0.286. The number of urea groups is 1. The van der Waals surface area contributed by atoms with Crippen LogP contribution in [0.15, 0.2) is 53.6 Å². The molecule has 0 radical (unpaired) electrons. The molecule has 3 rings (SSSR count). The maximum absolute atomic E-state index is 13.1. The van der Waals surface area contributed by atoms with Crippen LogP contribution in [0.25, 0.3) is 0 Å². The molecule has 0 aromatic heterocycles. The van der Waals surface area contributed by atoms with E-state index < -0.39 is 24.1 Å². The van der Waals surface area contributed by atoms with Gasteiger partial charge in [0, 0.05) is 5.56 Å². The summed E-state index contributed by atoms with van der Waals surface area (Å²) < 4.78 is 35.6. The lowest BCUT2D eigenvalue weighted by Crippen LogP contribution is -2.43. The Labute approximate surface area is 172 Å². The highest BCUT2D eigenvalue weighted by Gasteiger charge is 2.51. The first-order valence-corrected chi connectivity index (χ1v) is 9.39. The number of para-hydroxylation sites is 1. The minimum Gasteiger partial charge on any atom is -0.490 e. The van der Waals surface area contributed by atoms with Gasteiger partial charge in [-0.1, -0.05) is 43.3 Å². The van der Waals surface area contributed by atoms with Crippen LogP contribution in [0.3, 0.4) is 0 Å². The van der Waals surface area contributed by atoms with Gasteiger partial charge in [-0.2, -0.15) is 13.9 Å². The largest absolute Gasteiger partial charge is 0.490 e. The van der Waals surface area contributed by atoms with Gasteiger partial charge >= 0.3 is 12.6 Å². The van der Waals surface area contributed by atoms with Crippen molar-refractivity contribution in [1.82, 2.24) is 10.3 Å². The third-order valence-electron chi connectivity index (χ3n) is 4.70. The topological polar surface area (TPSA) is 80.2 Å². The zero-order valence-electron chi connectivity index (χ0n) is 16.5. The van der Waals surface area contributed by atoms with E-state index in [-0.39, 0.29) is 23.7 Å². The van der Waals surface area contributed by atoms with Crippen molar-refractivity contribution in [3.8, 4) is 11.5 Å². The molecule has 2 aromatic carbocycles. The van der Waals surface area contributed by atoms with Crippen molar-refractivity contribution in [2.75, 3.05) is 6.61 Å². The Morgan fingerprint density at radius 1 is 1.13 bits per heavy atom. The lowest BCUT2D eigenvalue weighted by Gasteiger charge is -2.24. The number of ether oxygens (including phenoxy) is 2. The van der Waals surface area contributed by atoms with Gasteiger partial charge in [0.15, 0.2) is 11.5 Å². The molecule has 3 amide bonds. The van der Waals surface area contributed by atoms with Crippen LogP contribution in [0.4, 0.5) is 13.6 Å². The van der Waals surface area contributed by atoms with Gasteiger partial charge in [0.1, 0.15) is 5.54 Å². The molecule has 1 atom stereocenters. The number of halogens is 2. The van der Waals surface area contributed by atoms with Crippen molar-refractivity contribution in [1.29, 1.82) is 0 Å². The molecule has 0 aliphatic carbocycles. The summed E-state index contributed by atoms with van der Waals surface area (Å²) in [6.07, 6.45) is 1.43. The lowest BCUT2D eigenvalue weighted by atomic mass is 9.87. The molecule has 2 aromatic rings. The summed E-state index contributed by atoms with van der Waals surface area (Å²) in [5.74, 6) is -0.684. The number of amides is 3. The summed E-state index contributed by atoms with van der Waals surface area (Å²) in [7, 11) is 0. The normalized spacial score (nSPS) is 18.9. The van der Waals surface area contributed by atoms with Crippen LogP contribution in [0.5, 0.6) is 11.5 Å². The fourth-order valence-electron chi connectivity index (χ4n) is 3.27. The quantitative estimate of drug-likeness (QED) is 0.522. The second-order valence-corrected chi connectivity index (χ2v) is 6.40. The molecular formula is C21H21F2N3O4. The average Bonchev–Trinajstić information content (AvgIpc) is 2.99. The smallest absolute Gasteiger partial charge is 0.387 e. The monoisotopic (exact) mass is 417 g/mol. The number of hydrazone groups is 1. The van der Waals surface area contributed by atoms with Crippen molar-refractivity contribution in [3.05, 3.63) is 59.7 Å². The van der Waals surface area contributed by atoms with Crippen molar-refractivity contribution < 1.29 is 27.8 Å². The van der Waals surface area contributed by atoms with E-state index in [1.165, 1.54) is 12.1 Å². The number of hydrogen-bond acceptors (Lipinski definition) is 5. The molecule has 0 saturated carbocycles. The summed E-state index contributed by atoms with van der Waals surface area (Å²) in [6.45, 7) is 0.636. The highest BCUT2D eigenvalue weighted by molar-refractivity contribution is 6.08. The zero-order valence-corrected chi connectivity index (χ0v) is 16.5. The number of hydrogen-bond donors (Lipinski definition) is 1. The molecular weight excluding hydrogens is 396 g/mol. The molecule has 1 aliphatic heterocycles. The van der Waals surface area contributed by atoms with Crippen LogP contribution < -0.4 is 14.8 Å². The minimum atomic E-state index is -3.08. The van der Waals surface area contributed by atoms with Crippen LogP contribution in [0.1, 0.15) is 31.4 Å². The molecule has 0 unspecified atom stereocenters. The fourth-order valence-corrected chi connectivity index (χ4v) is 3.27. The SMILES string of the molecule is CCOc1cccc(/C=N\N2C(=O)N[C@@](CC)(c3ccccc3)C2=O)c1OC(F)F. The van der Waals surface area contributed by atoms with Crippen molar-refractivity contribution in [2.45, 2.75) is 32.4 Å². The van der Waals surface area contributed by atoms with Crippen LogP contribution in [-0.4, -0.2) is 36.4 Å². The van der Waals surface area contributed by atoms with Gasteiger partial charge in [0.2, 0.25) is 0 Å². The number of nitrogens with one attached hydrogen (secondary N) is 1. The summed E-state index contributed by atoms with van der Waals surface area (Å²) in [5, 5.41) is 7.35. The number of rotatable bonds is 8. The Bertz CT molecular complexity index is 953. The van der Waals surface area contributed by atoms with Gasteiger partial charge in [-0.15, -0.1) is 5.01 Å². The van der Waals surface area contributed by atoms with E-state index in [1.807, 2.05) is 0 Å². The van der Waals surface area contributed by atoms with E-state index in [4.69, 9.17) is 4.74 Å². The third-order valence-corrected chi connectivity index (χ3v) is 4.70. The molecule has 1 saturated heterocycles. The summed E-state index contributed by atoms with van der Waals surface area (Å²) in [4.78, 5) is 25.6. The van der Waals surface area contributed by atoms with Crippen LogP contribution in [-0.2, 0) is 10.3 Å². The molecule has 0 bridgehead atoms. The molecule has 1 fully saturated rings. The van der Waals surface area contributed by atoms with E-state index in [1.54, 1.807) is 50.2 Å².